The van der Waals surface area contributed by atoms with Crippen LogP contribution < -0.4 is 0 Å². The van der Waals surface area contributed by atoms with Crippen molar-refractivity contribution in [1.29, 1.82) is 0 Å². The average Bonchev–Trinajstić information content (AvgIpc) is 3.92. The second-order valence-electron chi connectivity index (χ2n) is 16.0. The van der Waals surface area contributed by atoms with E-state index >= 15 is 0 Å². The number of allylic oxidation sites excluding steroid dienone is 2. The molecule has 2 aliphatic heterocycles. The van der Waals surface area contributed by atoms with Crippen molar-refractivity contribution in [1.82, 2.24) is 19.4 Å². The van der Waals surface area contributed by atoms with Crippen LogP contribution in [-0.4, -0.2) is 31.3 Å². The number of rotatable bonds is 7. The summed E-state index contributed by atoms with van der Waals surface area (Å²) in [5, 5.41) is 6.05. The van der Waals surface area contributed by atoms with E-state index in [1.165, 1.54) is 43.6 Å². The summed E-state index contributed by atoms with van der Waals surface area (Å²) in [6.45, 7) is 0. The van der Waals surface area contributed by atoms with Crippen LogP contribution in [0.3, 0.4) is 0 Å². The first kappa shape index (κ1) is 35.8. The normalized spacial score (nSPS) is 15.7. The predicted octanol–water partition coefficient (Wildman–Crippen LogP) is 13.7. The molecule has 0 aliphatic carbocycles. The largest absolute Gasteiger partial charge is 0.340 e. The lowest BCUT2D eigenvalue weighted by Gasteiger charge is -2.29. The molecule has 2 atom stereocenters. The van der Waals surface area contributed by atoms with Gasteiger partial charge in [0.15, 0.2) is 0 Å². The smallest absolute Gasteiger partial charge is 0.141 e. The SMILES string of the molecule is C1=CC2N=C(c3ccc(-n4c(-c5ccccc5)c(-c5ccccc5)c5c6ccc7cc(-c8cccc(-c9ccncc9)n8)ccc7c6ccc54)cc3)C(c3ccccc3)N2C=C1. The second-order valence-corrected chi connectivity index (χ2v) is 16.0. The highest BCUT2D eigenvalue weighted by Gasteiger charge is 2.35. The van der Waals surface area contributed by atoms with Gasteiger partial charge < -0.3 is 9.47 Å². The van der Waals surface area contributed by atoms with Crippen molar-refractivity contribution in [2.75, 3.05) is 0 Å². The monoisotopic (exact) mass is 793 g/mol. The maximum atomic E-state index is 5.29. The molecule has 0 saturated carbocycles. The van der Waals surface area contributed by atoms with Crippen LogP contribution in [0.5, 0.6) is 0 Å². The van der Waals surface area contributed by atoms with Crippen molar-refractivity contribution >= 4 is 38.2 Å². The van der Waals surface area contributed by atoms with Gasteiger partial charge in [-0.25, -0.2) is 4.98 Å². The summed E-state index contributed by atoms with van der Waals surface area (Å²) in [5.74, 6) is 0. The molecule has 0 radical (unpaired) electrons. The quantitative estimate of drug-likeness (QED) is 0.151. The van der Waals surface area contributed by atoms with Gasteiger partial charge in [0.1, 0.15) is 6.17 Å². The fourth-order valence-electron chi connectivity index (χ4n) is 9.58. The van der Waals surface area contributed by atoms with Crippen LogP contribution in [0.25, 0.3) is 83.0 Å². The number of benzene rings is 7. The first-order chi connectivity index (χ1) is 30.8. The Kier molecular flexibility index (Phi) is 8.56. The third-order valence-corrected chi connectivity index (χ3v) is 12.4. The number of hydrogen-bond donors (Lipinski definition) is 0. The van der Waals surface area contributed by atoms with E-state index in [9.17, 15) is 0 Å². The molecule has 7 aromatic carbocycles. The van der Waals surface area contributed by atoms with Crippen molar-refractivity contribution in [3.05, 3.63) is 236 Å². The van der Waals surface area contributed by atoms with Gasteiger partial charge in [0.2, 0.25) is 0 Å². The van der Waals surface area contributed by atoms with Gasteiger partial charge in [-0.15, -0.1) is 0 Å². The van der Waals surface area contributed by atoms with Crippen LogP contribution >= 0.6 is 0 Å². The highest BCUT2D eigenvalue weighted by Crippen LogP contribution is 2.47. The minimum atomic E-state index is -0.0252. The molecule has 2 unspecified atom stereocenters. The van der Waals surface area contributed by atoms with Crippen LogP contribution in [0.15, 0.2) is 230 Å². The van der Waals surface area contributed by atoms with E-state index in [2.05, 4.69) is 215 Å². The molecule has 0 amide bonds. The minimum absolute atomic E-state index is 0.0240. The van der Waals surface area contributed by atoms with Gasteiger partial charge >= 0.3 is 0 Å². The van der Waals surface area contributed by atoms with Crippen molar-refractivity contribution in [2.24, 2.45) is 4.99 Å². The van der Waals surface area contributed by atoms with Gasteiger partial charge in [-0.2, -0.15) is 0 Å². The Balaban J connectivity index is 1.04. The Morgan fingerprint density at radius 1 is 0.484 bits per heavy atom. The van der Waals surface area contributed by atoms with E-state index in [1.807, 2.05) is 24.5 Å². The fourth-order valence-corrected chi connectivity index (χ4v) is 9.58. The number of nitrogens with zero attached hydrogens (tertiary/aromatic N) is 5. The summed E-state index contributed by atoms with van der Waals surface area (Å²) < 4.78 is 2.46. The van der Waals surface area contributed by atoms with E-state index in [0.29, 0.717) is 0 Å². The number of pyridine rings is 2. The average molecular weight is 794 g/mol. The first-order valence-corrected chi connectivity index (χ1v) is 21.2. The van der Waals surface area contributed by atoms with Crippen LogP contribution in [-0.2, 0) is 0 Å². The van der Waals surface area contributed by atoms with Gasteiger partial charge in [0.25, 0.3) is 0 Å². The van der Waals surface area contributed by atoms with Crippen molar-refractivity contribution < 1.29 is 0 Å². The number of aliphatic imine (C=N–C) groups is 1. The topological polar surface area (TPSA) is 46.3 Å². The molecule has 292 valence electrons. The molecule has 0 saturated heterocycles. The number of aromatic nitrogens is 3. The van der Waals surface area contributed by atoms with Gasteiger partial charge in [-0.3, -0.25) is 9.98 Å². The number of fused-ring (bicyclic) bond motifs is 6. The van der Waals surface area contributed by atoms with E-state index in [1.54, 1.807) is 0 Å². The lowest BCUT2D eigenvalue weighted by molar-refractivity contribution is 0.321. The molecule has 5 heterocycles. The van der Waals surface area contributed by atoms with Crippen molar-refractivity contribution in [2.45, 2.75) is 12.2 Å². The van der Waals surface area contributed by atoms with Crippen LogP contribution in [0.2, 0.25) is 0 Å². The molecule has 5 nitrogen and oxygen atoms in total. The van der Waals surface area contributed by atoms with Crippen LogP contribution in [0.1, 0.15) is 17.2 Å². The second kappa shape index (κ2) is 14.8. The van der Waals surface area contributed by atoms with Gasteiger partial charge in [0, 0.05) is 46.4 Å². The Morgan fingerprint density at radius 2 is 1.16 bits per heavy atom. The Hall–Kier alpha value is -8.15. The Morgan fingerprint density at radius 3 is 1.94 bits per heavy atom. The molecule has 0 bridgehead atoms. The summed E-state index contributed by atoms with van der Waals surface area (Å²) >= 11 is 0. The minimum Gasteiger partial charge on any atom is -0.340 e. The van der Waals surface area contributed by atoms with E-state index < -0.39 is 0 Å². The van der Waals surface area contributed by atoms with Crippen LogP contribution in [0.4, 0.5) is 0 Å². The maximum absolute atomic E-state index is 5.29. The standard InChI is InChI=1S/C57H39N5/c1-4-13-39(14-5-1)53-54-48-29-24-43-37-44(50-20-12-19-49(59-50)38-32-34-58-35-33-38)25-28-46(43)47(48)30-31-51(54)62(56(53)41-15-6-2-7-16-41)45-26-22-40(23-27-45)55-57(42-17-8-3-9-18-42)61-36-11-10-21-52(61)60-55/h1-37,52,57H. The lowest BCUT2D eigenvalue weighted by atomic mass is 9.93. The first-order valence-electron chi connectivity index (χ1n) is 21.2. The van der Waals surface area contributed by atoms with E-state index in [-0.39, 0.29) is 12.2 Å². The van der Waals surface area contributed by atoms with Crippen molar-refractivity contribution in [3.63, 3.8) is 0 Å². The number of hydrogen-bond acceptors (Lipinski definition) is 4. The fraction of sp³-hybridized carbons (Fsp3) is 0.0351. The Labute approximate surface area is 359 Å². The summed E-state index contributed by atoms with van der Waals surface area (Å²) in [6.07, 6.45) is 12.1. The van der Waals surface area contributed by atoms with Gasteiger partial charge in [0.05, 0.1) is 34.4 Å². The van der Waals surface area contributed by atoms with E-state index in [0.717, 1.165) is 56.3 Å². The predicted molar refractivity (Wildman–Crippen MR) is 255 cm³/mol. The Bertz CT molecular complexity index is 3390. The zero-order valence-electron chi connectivity index (χ0n) is 33.8. The molecule has 5 heteroatoms. The van der Waals surface area contributed by atoms with E-state index in [4.69, 9.17) is 9.98 Å². The molecule has 0 fully saturated rings. The summed E-state index contributed by atoms with van der Waals surface area (Å²) in [7, 11) is 0. The highest BCUT2D eigenvalue weighted by atomic mass is 15.3. The zero-order valence-corrected chi connectivity index (χ0v) is 33.8. The van der Waals surface area contributed by atoms with Gasteiger partial charge in [-0.1, -0.05) is 146 Å². The molecule has 2 aliphatic rings. The molecule has 0 spiro atoms. The van der Waals surface area contributed by atoms with Crippen molar-refractivity contribution in [3.8, 4) is 50.6 Å². The lowest BCUT2D eigenvalue weighted by Crippen LogP contribution is -2.29. The summed E-state index contributed by atoms with van der Waals surface area (Å²) in [4.78, 5) is 16.9. The molecular formula is C57H39N5. The summed E-state index contributed by atoms with van der Waals surface area (Å²) in [5.41, 5.74) is 14.4. The molecule has 3 aromatic heterocycles. The molecule has 0 N–H and O–H groups in total. The summed E-state index contributed by atoms with van der Waals surface area (Å²) in [6, 6.07) is 67.7. The maximum Gasteiger partial charge on any atom is 0.141 e. The molecular weight excluding hydrogens is 755 g/mol. The van der Waals surface area contributed by atoms with Gasteiger partial charge in [-0.05, 0) is 104 Å². The van der Waals surface area contributed by atoms with Crippen LogP contribution in [0, 0.1) is 0 Å². The molecule has 12 rings (SSSR count). The highest BCUT2D eigenvalue weighted by molar-refractivity contribution is 6.23. The molecule has 10 aromatic rings. The molecule has 62 heavy (non-hydrogen) atoms. The zero-order chi connectivity index (χ0) is 41.0. The third-order valence-electron chi connectivity index (χ3n) is 12.4. The third kappa shape index (κ3) is 5.97.